The predicted octanol–water partition coefficient (Wildman–Crippen LogP) is 5.68. The third kappa shape index (κ3) is 9.79. The van der Waals surface area contributed by atoms with E-state index >= 15 is 0 Å². The Bertz CT molecular complexity index is 2860. The van der Waals surface area contributed by atoms with Crippen LogP contribution in [0.1, 0.15) is 73.8 Å². The quantitative estimate of drug-likeness (QED) is 0.0198. The molecule has 0 radical (unpaired) electrons. The normalized spacial score (nSPS) is 19.3. The van der Waals surface area contributed by atoms with Gasteiger partial charge in [0.15, 0.2) is 22.3 Å². The number of ether oxygens (including phenoxy) is 3. The third-order valence-corrected chi connectivity index (χ3v) is 13.9. The summed E-state index contributed by atoms with van der Waals surface area (Å²) in [6.45, 7) is 15.8. The topological polar surface area (TPSA) is 242 Å². The van der Waals surface area contributed by atoms with Crippen LogP contribution in [0.25, 0.3) is 38.7 Å². The first-order valence-corrected chi connectivity index (χ1v) is 23.0. The molecule has 17 nitrogen and oxygen atoms in total. The molecule has 0 bridgehead atoms. The maximum Gasteiger partial charge on any atom is 0.302 e. The number of esters is 1. The number of carbonyl (C=O) groups is 2. The number of methoxy groups -OCH3 is 1. The van der Waals surface area contributed by atoms with Gasteiger partial charge in [0.25, 0.3) is 5.91 Å². The summed E-state index contributed by atoms with van der Waals surface area (Å²) in [5.41, 5.74) is -2.21. The van der Waals surface area contributed by atoms with Crippen LogP contribution in [0.2, 0.25) is 0 Å². The minimum Gasteiger partial charge on any atom is -0.516 e. The van der Waals surface area contributed by atoms with Crippen molar-refractivity contribution in [1.29, 1.82) is 0 Å². The number of aliphatic hydroxyl groups excluding tert-OH is 4. The second kappa shape index (κ2) is 20.3. The number of aliphatic hydroxyl groups is 4. The van der Waals surface area contributed by atoms with Crippen LogP contribution in [0.15, 0.2) is 62.3 Å². The molecule has 6 rings (SSSR count). The molecule has 1 fully saturated rings. The van der Waals surface area contributed by atoms with Crippen molar-refractivity contribution in [2.24, 2.45) is 23.7 Å². The fraction of sp³-hybridized carbons (Fsp3) is 0.510. The summed E-state index contributed by atoms with van der Waals surface area (Å²) in [7, 11) is 5.53. The Hall–Kier alpha value is -6.01. The van der Waals surface area contributed by atoms with Gasteiger partial charge >= 0.3 is 5.97 Å². The summed E-state index contributed by atoms with van der Waals surface area (Å²) < 4.78 is 23.6. The number of benzene rings is 3. The molecule has 0 aliphatic carbocycles. The van der Waals surface area contributed by atoms with Crippen LogP contribution < -0.4 is 31.0 Å². The fourth-order valence-corrected chi connectivity index (χ4v) is 9.59. The molecule has 17 heteroatoms. The molecular formula is C51H66N4O13. The minimum absolute atomic E-state index is 0.00465. The molecule has 2 aliphatic heterocycles. The predicted molar refractivity (Wildman–Crippen MR) is 261 cm³/mol. The molecule has 0 unspecified atom stereocenters. The van der Waals surface area contributed by atoms with Crippen molar-refractivity contribution in [3.63, 3.8) is 0 Å². The van der Waals surface area contributed by atoms with Crippen molar-refractivity contribution in [3.05, 3.63) is 79.5 Å². The summed E-state index contributed by atoms with van der Waals surface area (Å²) in [6, 6.07) is 3.57. The summed E-state index contributed by atoms with van der Waals surface area (Å²) in [4.78, 5) is 63.7. The Labute approximate surface area is 395 Å². The summed E-state index contributed by atoms with van der Waals surface area (Å²) in [5, 5.41) is 57.9. The number of aromatic nitrogens is 1. The van der Waals surface area contributed by atoms with Crippen molar-refractivity contribution in [3.8, 4) is 11.5 Å². The highest BCUT2D eigenvalue weighted by atomic mass is 16.5. The van der Waals surface area contributed by atoms with Gasteiger partial charge in [0, 0.05) is 91.2 Å². The number of hydrogen-bond donors (Lipinski definition) is 6. The summed E-state index contributed by atoms with van der Waals surface area (Å²) in [6.07, 6.45) is 5.02. The first-order valence-electron chi connectivity index (χ1n) is 23.0. The molecule has 8 atom stereocenters. The van der Waals surface area contributed by atoms with E-state index in [4.69, 9.17) is 23.6 Å². The number of aromatic hydroxyl groups is 1. The molecule has 0 saturated carbocycles. The Morgan fingerprint density at radius 1 is 0.971 bits per heavy atom. The lowest BCUT2D eigenvalue weighted by molar-refractivity contribution is -0.160. The average Bonchev–Trinajstić information content (AvgIpc) is 3.55. The first kappa shape index (κ1) is 51.4. The van der Waals surface area contributed by atoms with Crippen LogP contribution >= 0.6 is 0 Å². The second-order valence-electron chi connectivity index (χ2n) is 19.2. The van der Waals surface area contributed by atoms with E-state index in [0.717, 1.165) is 19.1 Å². The number of amides is 1. The maximum absolute atomic E-state index is 14.7. The molecule has 0 spiro atoms. The molecule has 1 saturated heterocycles. The largest absolute Gasteiger partial charge is 0.516 e. The minimum atomic E-state index is -1.25. The van der Waals surface area contributed by atoms with E-state index in [9.17, 15) is 44.7 Å². The van der Waals surface area contributed by atoms with Gasteiger partial charge in [-0.2, -0.15) is 0 Å². The number of nitrogens with zero attached hydrogens (tertiary/aromatic N) is 3. The lowest BCUT2D eigenvalue weighted by Gasteiger charge is -2.37. The molecule has 1 aromatic heterocycles. The van der Waals surface area contributed by atoms with Crippen molar-refractivity contribution >= 4 is 62.0 Å². The number of hydrogen-bond acceptors (Lipinski definition) is 16. The van der Waals surface area contributed by atoms with Gasteiger partial charge in [-0.3, -0.25) is 19.2 Å². The van der Waals surface area contributed by atoms with E-state index in [0.29, 0.717) is 24.8 Å². The van der Waals surface area contributed by atoms with E-state index in [2.05, 4.69) is 15.1 Å². The van der Waals surface area contributed by atoms with Crippen LogP contribution in [0.4, 0.5) is 11.4 Å². The van der Waals surface area contributed by atoms with Crippen molar-refractivity contribution in [1.82, 2.24) is 9.88 Å². The molecule has 4 aromatic rings. The fourth-order valence-electron chi connectivity index (χ4n) is 9.59. The number of carbonyl (C=O) groups excluding carboxylic acids is 2. The summed E-state index contributed by atoms with van der Waals surface area (Å²) >= 11 is 0. The number of anilines is 2. The zero-order valence-electron chi connectivity index (χ0n) is 40.9. The standard InChI is InChI=1S/C51H66N4O13/c1-24(42(59)27(4)43(60)28(5)46(66-30(7)57)26(3)34(65-12)18-21-56)14-13-15-25(2)50(64)53-41-45(62)37-36(38-47(29(6)44(37)61)68-51(8,9)49(38)63)40-48(41)67-35-23-32(22-33(58)39(35)52-40)55-19-16-31(17-20-55)54(10)11/h13-15,18,21-24,26-28,31,34,42-43,46,56,59-61,63H,16-17,19-20H2,1-12H3,(H,53,64)/b14-13+,21-18+,25-15-/t24-,26+,27+,28+,34-,42-,43+,46+/m0/s1. The average molecular weight is 943 g/mol. The number of allylic oxidation sites excluding steroid dienone is 2. The number of fused-ring (bicyclic) bond motifs is 6. The van der Waals surface area contributed by atoms with Gasteiger partial charge in [0.05, 0.1) is 35.2 Å². The molecule has 2 aliphatic rings. The van der Waals surface area contributed by atoms with Crippen LogP contribution in [0, 0.1) is 30.6 Å². The van der Waals surface area contributed by atoms with E-state index in [1.807, 2.05) is 14.1 Å². The number of phenols is 1. The van der Waals surface area contributed by atoms with Crippen molar-refractivity contribution in [2.75, 3.05) is 44.5 Å². The zero-order chi connectivity index (χ0) is 50.3. The van der Waals surface area contributed by atoms with Gasteiger partial charge < -0.3 is 59.3 Å². The van der Waals surface area contributed by atoms with E-state index in [1.54, 1.807) is 59.8 Å². The number of phenolic OH excluding ortho intramolecular Hbond substituents is 1. The Kier molecular flexibility index (Phi) is 15.3. The molecular weight excluding hydrogens is 877 g/mol. The zero-order valence-corrected chi connectivity index (χ0v) is 40.9. The van der Waals surface area contributed by atoms with Gasteiger partial charge in [0.2, 0.25) is 10.9 Å². The Balaban J connectivity index is 1.35. The van der Waals surface area contributed by atoms with E-state index in [-0.39, 0.29) is 66.5 Å². The molecule has 3 heterocycles. The monoisotopic (exact) mass is 942 g/mol. The Morgan fingerprint density at radius 3 is 2.24 bits per heavy atom. The van der Waals surface area contributed by atoms with Crippen LogP contribution in [-0.2, 0) is 19.1 Å². The second-order valence-corrected chi connectivity index (χ2v) is 19.2. The van der Waals surface area contributed by atoms with Gasteiger partial charge in [-0.1, -0.05) is 45.9 Å². The third-order valence-electron chi connectivity index (χ3n) is 13.9. The number of rotatable bonds is 16. The molecule has 368 valence electrons. The Morgan fingerprint density at radius 2 is 1.63 bits per heavy atom. The lowest BCUT2D eigenvalue weighted by Crippen LogP contribution is -2.46. The van der Waals surface area contributed by atoms with Crippen LogP contribution in [-0.4, -0.2) is 118 Å². The van der Waals surface area contributed by atoms with E-state index < -0.39 is 82.2 Å². The molecule has 6 N–H and O–H groups in total. The van der Waals surface area contributed by atoms with Crippen LogP contribution in [0.3, 0.4) is 0 Å². The van der Waals surface area contributed by atoms with Crippen molar-refractivity contribution in [2.45, 2.75) is 111 Å². The van der Waals surface area contributed by atoms with Crippen LogP contribution in [0.5, 0.6) is 11.5 Å². The van der Waals surface area contributed by atoms with Gasteiger partial charge in [-0.05, 0) is 60.7 Å². The SMILES string of the molecule is CO[C@@H](/C=C/O)[C@@H](C)[C@@H](OC(C)=O)[C@H](C)[C@H](O)[C@H](C)[C@@H](O)[C@@H](C)/C=C/C=C(/C)C(=O)Nc1c(=O)c2c(O)c(C)c3c(c2c2nc4c(=O)cc(N5CCC(N(C)C)CC5)cc4oc12)=C(O)C(C)(C)O3. The van der Waals surface area contributed by atoms with Gasteiger partial charge in [0.1, 0.15) is 34.6 Å². The first-order chi connectivity index (χ1) is 31.9. The maximum atomic E-state index is 14.7. The molecule has 1 amide bonds. The lowest BCUT2D eigenvalue weighted by atomic mass is 9.78. The smallest absolute Gasteiger partial charge is 0.302 e. The van der Waals surface area contributed by atoms with Gasteiger partial charge in [-0.25, -0.2) is 4.98 Å². The number of piperidine rings is 1. The number of nitrogens with one attached hydrogen (secondary N) is 1. The van der Waals surface area contributed by atoms with Crippen molar-refractivity contribution < 1.29 is 53.7 Å². The highest BCUT2D eigenvalue weighted by Gasteiger charge is 2.40. The van der Waals surface area contributed by atoms with E-state index in [1.165, 1.54) is 46.1 Å². The highest BCUT2D eigenvalue weighted by molar-refractivity contribution is 6.16. The van der Waals surface area contributed by atoms with Gasteiger partial charge in [-0.15, -0.1) is 0 Å². The molecule has 68 heavy (non-hydrogen) atoms. The summed E-state index contributed by atoms with van der Waals surface area (Å²) in [5.74, 6) is -4.24. The molecule has 3 aromatic carbocycles. The highest BCUT2D eigenvalue weighted by Crippen LogP contribution is 2.41.